The molecule has 0 aliphatic heterocycles. The standard InChI is InChI=1S/C10H4BrClF3N.C10H5ClF3NO.Br3OP/c11-6-4-8(10(13,14)15)16-9-5(6)2-1-3-7(9)12;11-6-3-1-2-5-7(16)4-8(10(12,13)14)15-9(5)6;1-5(2,3)4/h1-4H;1-4H,(H,15,16);. The molecule has 4 aromatic rings. The van der Waals surface area contributed by atoms with Crippen molar-refractivity contribution in [3.63, 3.8) is 0 Å². The van der Waals surface area contributed by atoms with Gasteiger partial charge in [-0.05, 0) is 24.3 Å². The van der Waals surface area contributed by atoms with Gasteiger partial charge < -0.3 is 4.98 Å². The maximum absolute atomic E-state index is 12.5. The summed E-state index contributed by atoms with van der Waals surface area (Å²) in [5.41, 5.74) is -2.61. The number of halogens is 12. The number of hydrogen-bond donors (Lipinski definition) is 1. The quantitative estimate of drug-likeness (QED) is 0.142. The normalized spacial score (nSPS) is 12.0. The van der Waals surface area contributed by atoms with Crippen LogP contribution in [0.15, 0.2) is 57.8 Å². The van der Waals surface area contributed by atoms with Crippen molar-refractivity contribution in [3.8, 4) is 0 Å². The first-order chi connectivity index (χ1) is 16.8. The fourth-order valence-corrected chi connectivity index (χ4v) is 3.68. The predicted molar refractivity (Wildman–Crippen MR) is 148 cm³/mol. The Hall–Kier alpha value is -0.630. The van der Waals surface area contributed by atoms with Gasteiger partial charge in [-0.15, -0.1) is 0 Å². The first-order valence-corrected chi connectivity index (χ1v) is 18.5. The summed E-state index contributed by atoms with van der Waals surface area (Å²) in [6, 6.07) is 10.6. The highest BCUT2D eigenvalue weighted by Gasteiger charge is 2.33. The van der Waals surface area contributed by atoms with Crippen LogP contribution in [0.4, 0.5) is 26.3 Å². The molecule has 4 nitrogen and oxygen atoms in total. The van der Waals surface area contributed by atoms with Crippen LogP contribution in [0.2, 0.25) is 10.0 Å². The average molecular weight is 845 g/mol. The molecule has 0 aliphatic carbocycles. The molecule has 0 radical (unpaired) electrons. The van der Waals surface area contributed by atoms with Crippen LogP contribution in [0.3, 0.4) is 0 Å². The molecule has 0 bridgehead atoms. The van der Waals surface area contributed by atoms with Gasteiger partial charge in [-0.1, -0.05) is 57.3 Å². The molecular weight excluding hydrogens is 836 g/mol. The lowest BCUT2D eigenvalue weighted by Crippen LogP contribution is -2.13. The fraction of sp³-hybridized carbons (Fsp3) is 0.100. The number of fused-ring (bicyclic) bond motifs is 2. The number of nitrogens with one attached hydrogen (secondary N) is 1. The molecule has 0 unspecified atom stereocenters. The Morgan fingerprint density at radius 2 is 1.35 bits per heavy atom. The number of aromatic nitrogens is 2. The van der Waals surface area contributed by atoms with E-state index in [0.29, 0.717) is 15.9 Å². The minimum absolute atomic E-state index is 0.00370. The minimum Gasteiger partial charge on any atom is -0.350 e. The number of alkyl halides is 6. The summed E-state index contributed by atoms with van der Waals surface area (Å²) < 4.78 is 82.8. The van der Waals surface area contributed by atoms with E-state index in [1.807, 2.05) is 0 Å². The number of benzene rings is 2. The number of H-pyrrole nitrogens is 1. The first-order valence-electron chi connectivity index (χ1n) is 9.18. The van der Waals surface area contributed by atoms with E-state index in [9.17, 15) is 35.7 Å². The van der Waals surface area contributed by atoms with Crippen molar-refractivity contribution in [3.05, 3.63) is 84.7 Å². The van der Waals surface area contributed by atoms with Crippen LogP contribution in [0.1, 0.15) is 11.4 Å². The third kappa shape index (κ3) is 9.81. The zero-order chi connectivity index (χ0) is 28.3. The van der Waals surface area contributed by atoms with Crippen molar-refractivity contribution < 1.29 is 30.9 Å². The lowest BCUT2D eigenvalue weighted by atomic mass is 10.2. The summed E-state index contributed by atoms with van der Waals surface area (Å²) in [6.45, 7) is 0. The second-order valence-electron chi connectivity index (χ2n) is 6.73. The molecule has 2 aromatic carbocycles. The predicted octanol–water partition coefficient (Wildman–Crippen LogP) is 11.1. The number of hydrogen-bond acceptors (Lipinski definition) is 3. The second-order valence-corrected chi connectivity index (χ2v) is 26.8. The van der Waals surface area contributed by atoms with Crippen LogP contribution in [0.25, 0.3) is 21.8 Å². The number of pyridine rings is 2. The van der Waals surface area contributed by atoms with Crippen molar-refractivity contribution in [1.29, 1.82) is 0 Å². The first kappa shape index (κ1) is 32.6. The summed E-state index contributed by atoms with van der Waals surface area (Å²) in [5, 5.41) is 0.978. The van der Waals surface area contributed by atoms with Crippen LogP contribution >= 0.6 is 88.8 Å². The smallest absolute Gasteiger partial charge is 0.350 e. The Balaban J connectivity index is 0.000000221. The minimum atomic E-state index is -4.59. The van der Waals surface area contributed by atoms with Gasteiger partial charge in [-0.3, -0.25) is 9.36 Å². The summed E-state index contributed by atoms with van der Waals surface area (Å²) in [5.74, 6) is 0. The van der Waals surface area contributed by atoms with E-state index < -0.39 is 32.4 Å². The summed E-state index contributed by atoms with van der Waals surface area (Å²) in [7, 11) is 0. The van der Waals surface area contributed by atoms with Gasteiger partial charge in [0.1, 0.15) is 11.4 Å². The lowest BCUT2D eigenvalue weighted by Gasteiger charge is -2.09. The van der Waals surface area contributed by atoms with Crippen LogP contribution in [0, 0.1) is 0 Å². The molecule has 0 amide bonds. The maximum Gasteiger partial charge on any atom is 0.433 e. The van der Waals surface area contributed by atoms with Gasteiger partial charge in [0.05, 0.1) is 21.1 Å². The van der Waals surface area contributed by atoms with E-state index in [1.165, 1.54) is 24.3 Å². The van der Waals surface area contributed by atoms with E-state index in [1.54, 1.807) is 12.1 Å². The number of para-hydroxylation sites is 2. The van der Waals surface area contributed by atoms with Gasteiger partial charge in [-0.25, -0.2) is 4.98 Å². The highest BCUT2D eigenvalue weighted by molar-refractivity contribution is 9.94. The van der Waals surface area contributed by atoms with Crippen molar-refractivity contribution >= 4 is 111 Å². The van der Waals surface area contributed by atoms with E-state index in [0.717, 1.165) is 6.07 Å². The number of rotatable bonds is 0. The SMILES string of the molecule is FC(F)(F)c1cc(Br)c2cccc(Cl)c2n1.O=P(Br)(Br)Br.O=c1cc(C(F)(F)F)[nH]c2c(Cl)cccc12. The molecule has 0 fully saturated rings. The molecule has 17 heteroatoms. The molecule has 2 heterocycles. The van der Waals surface area contributed by atoms with Gasteiger partial charge in [-0.2, -0.15) is 26.3 Å². The van der Waals surface area contributed by atoms with Crippen LogP contribution in [-0.2, 0) is 16.9 Å². The van der Waals surface area contributed by atoms with Gasteiger partial charge in [0.15, 0.2) is 5.43 Å². The molecule has 200 valence electrons. The Labute approximate surface area is 246 Å². The average Bonchev–Trinajstić information content (AvgIpc) is 2.73. The molecule has 0 atom stereocenters. The number of aromatic amines is 1. The van der Waals surface area contributed by atoms with Crippen molar-refractivity contribution in [2.45, 2.75) is 12.4 Å². The molecule has 0 aliphatic rings. The largest absolute Gasteiger partial charge is 0.433 e. The van der Waals surface area contributed by atoms with Crippen molar-refractivity contribution in [2.75, 3.05) is 0 Å². The van der Waals surface area contributed by atoms with E-state index in [4.69, 9.17) is 23.2 Å². The van der Waals surface area contributed by atoms with E-state index in [2.05, 4.69) is 72.4 Å². The fourth-order valence-electron chi connectivity index (χ4n) is 2.71. The van der Waals surface area contributed by atoms with Gasteiger partial charge in [0.2, 0.25) is 0 Å². The van der Waals surface area contributed by atoms with Gasteiger partial charge in [0, 0.05) is 67.8 Å². The Bertz CT molecular complexity index is 1540. The second kappa shape index (κ2) is 12.7. The summed E-state index contributed by atoms with van der Waals surface area (Å²) in [6.07, 6.45) is -9.07. The van der Waals surface area contributed by atoms with Crippen LogP contribution in [-0.4, -0.2) is 9.97 Å². The van der Waals surface area contributed by atoms with E-state index >= 15 is 0 Å². The van der Waals surface area contributed by atoms with Crippen LogP contribution in [0.5, 0.6) is 0 Å². The van der Waals surface area contributed by atoms with Crippen molar-refractivity contribution in [2.24, 2.45) is 0 Å². The summed E-state index contributed by atoms with van der Waals surface area (Å²) >= 11 is 22.9. The Morgan fingerprint density at radius 3 is 1.86 bits per heavy atom. The Morgan fingerprint density at radius 1 is 0.838 bits per heavy atom. The Kier molecular flexibility index (Phi) is 11.2. The molecular formula is C20H9Br4Cl2F6N2O2P. The van der Waals surface area contributed by atoms with Gasteiger partial charge >= 0.3 is 12.4 Å². The van der Waals surface area contributed by atoms with Crippen LogP contribution < -0.4 is 5.43 Å². The van der Waals surface area contributed by atoms with E-state index in [-0.39, 0.29) is 26.5 Å². The maximum atomic E-state index is 12.5. The third-order valence-electron chi connectivity index (χ3n) is 4.15. The highest BCUT2D eigenvalue weighted by Crippen LogP contribution is 2.68. The zero-order valence-corrected chi connectivity index (χ0v) is 26.1. The molecule has 0 saturated heterocycles. The molecule has 0 saturated carbocycles. The molecule has 0 spiro atoms. The number of nitrogens with zero attached hydrogens (tertiary/aromatic N) is 1. The highest BCUT2D eigenvalue weighted by atomic mass is 80.0. The van der Waals surface area contributed by atoms with Crippen molar-refractivity contribution in [1.82, 2.24) is 9.97 Å². The molecule has 2 aromatic heterocycles. The molecule has 4 rings (SSSR count). The third-order valence-corrected chi connectivity index (χ3v) is 5.43. The molecule has 1 N–H and O–H groups in total. The van der Waals surface area contributed by atoms with Gasteiger partial charge in [0.25, 0.3) is 3.25 Å². The monoisotopic (exact) mass is 840 g/mol. The lowest BCUT2D eigenvalue weighted by molar-refractivity contribution is -0.141. The molecule has 37 heavy (non-hydrogen) atoms. The summed E-state index contributed by atoms with van der Waals surface area (Å²) in [4.78, 5) is 17.1. The zero-order valence-electron chi connectivity index (χ0n) is 17.4. The topological polar surface area (TPSA) is 62.8 Å².